The van der Waals surface area contributed by atoms with Gasteiger partial charge < -0.3 is 18.9 Å². The molecule has 6 heteroatoms. The first-order chi connectivity index (χ1) is 15.7. The lowest BCUT2D eigenvalue weighted by atomic mass is 9.74. The third-order valence-corrected chi connectivity index (χ3v) is 6.47. The van der Waals surface area contributed by atoms with Crippen LogP contribution in [0.1, 0.15) is 53.7 Å². The molecule has 0 unspecified atom stereocenters. The van der Waals surface area contributed by atoms with Crippen LogP contribution in [0.2, 0.25) is 0 Å². The summed E-state index contributed by atoms with van der Waals surface area (Å²) in [6.07, 6.45) is 3.40. The molecule has 0 bridgehead atoms. The van der Waals surface area contributed by atoms with E-state index >= 15 is 0 Å². The van der Waals surface area contributed by atoms with E-state index in [9.17, 15) is 9.59 Å². The number of benzene rings is 2. The standard InChI is InChI=1S/C27H26O6/c1-14-25-16(10-17-19(28)12-27(2,3)13-23(17)33-25)11-18-24(29)22(32-26(14)18)9-15-6-7-20(30-4)21(8-15)31-5/h6-9,11H,10,12-13H2,1-5H3/b22-9-. The topological polar surface area (TPSA) is 71.1 Å². The average Bonchev–Trinajstić information content (AvgIpc) is 3.08. The Morgan fingerprint density at radius 2 is 1.73 bits per heavy atom. The van der Waals surface area contributed by atoms with E-state index in [1.165, 1.54) is 0 Å². The van der Waals surface area contributed by atoms with Crippen LogP contribution in [0.15, 0.2) is 41.4 Å². The van der Waals surface area contributed by atoms with Crippen molar-refractivity contribution >= 4 is 17.6 Å². The van der Waals surface area contributed by atoms with Gasteiger partial charge in [0.25, 0.3) is 0 Å². The van der Waals surface area contributed by atoms with E-state index < -0.39 is 0 Å². The molecular weight excluding hydrogens is 420 g/mol. The van der Waals surface area contributed by atoms with E-state index in [0.717, 1.165) is 28.0 Å². The zero-order chi connectivity index (χ0) is 23.5. The highest BCUT2D eigenvalue weighted by atomic mass is 16.5. The molecule has 0 saturated heterocycles. The van der Waals surface area contributed by atoms with Crippen LogP contribution >= 0.6 is 0 Å². The van der Waals surface area contributed by atoms with Crippen molar-refractivity contribution in [3.63, 3.8) is 0 Å². The SMILES string of the molecule is COc1ccc(/C=C2\Oc3c(cc4c(c3C)OC3=C(C4)C(=O)CC(C)(C)C3)C2=O)cc1OC. The number of ether oxygens (including phenoxy) is 4. The molecule has 0 fully saturated rings. The van der Waals surface area contributed by atoms with E-state index in [4.69, 9.17) is 18.9 Å². The second-order valence-corrected chi connectivity index (χ2v) is 9.54. The molecule has 0 N–H and O–H groups in total. The van der Waals surface area contributed by atoms with E-state index in [1.54, 1.807) is 32.4 Å². The fourth-order valence-corrected chi connectivity index (χ4v) is 4.81. The summed E-state index contributed by atoms with van der Waals surface area (Å²) in [7, 11) is 3.14. The monoisotopic (exact) mass is 446 g/mol. The number of methoxy groups -OCH3 is 2. The minimum Gasteiger partial charge on any atom is -0.493 e. The van der Waals surface area contributed by atoms with Crippen molar-refractivity contribution in [2.24, 2.45) is 5.41 Å². The highest BCUT2D eigenvalue weighted by molar-refractivity contribution is 6.15. The molecule has 0 radical (unpaired) electrons. The third-order valence-electron chi connectivity index (χ3n) is 6.47. The van der Waals surface area contributed by atoms with Gasteiger partial charge in [-0.25, -0.2) is 0 Å². The normalized spacial score (nSPS) is 19.5. The Morgan fingerprint density at radius 1 is 0.970 bits per heavy atom. The predicted molar refractivity (Wildman–Crippen MR) is 123 cm³/mol. The van der Waals surface area contributed by atoms with Crippen molar-refractivity contribution in [3.05, 3.63) is 63.6 Å². The zero-order valence-corrected chi connectivity index (χ0v) is 19.5. The van der Waals surface area contributed by atoms with E-state index in [1.807, 2.05) is 19.1 Å². The molecule has 0 atom stereocenters. The van der Waals surface area contributed by atoms with Crippen LogP contribution in [0.4, 0.5) is 0 Å². The number of hydrogen-bond donors (Lipinski definition) is 0. The first kappa shape index (κ1) is 21.3. The summed E-state index contributed by atoms with van der Waals surface area (Å²) in [5.41, 5.74) is 3.48. The summed E-state index contributed by atoms with van der Waals surface area (Å²) in [6.45, 7) is 6.05. The summed E-state index contributed by atoms with van der Waals surface area (Å²) >= 11 is 0. The number of carbonyl (C=O) groups is 2. The van der Waals surface area contributed by atoms with Gasteiger partial charge in [0.05, 0.1) is 19.8 Å². The molecule has 6 nitrogen and oxygen atoms in total. The van der Waals surface area contributed by atoms with Gasteiger partial charge in [-0.05, 0) is 42.2 Å². The second kappa shape index (κ2) is 7.51. The number of allylic oxidation sites excluding steroid dienone is 3. The Bertz CT molecular complexity index is 1280. The van der Waals surface area contributed by atoms with Crippen LogP contribution in [0.3, 0.4) is 0 Å². The van der Waals surface area contributed by atoms with Crippen LogP contribution in [0.25, 0.3) is 6.08 Å². The van der Waals surface area contributed by atoms with Gasteiger partial charge in [-0.3, -0.25) is 9.59 Å². The number of hydrogen-bond acceptors (Lipinski definition) is 6. The van der Waals surface area contributed by atoms with Gasteiger partial charge in [0.15, 0.2) is 23.0 Å². The smallest absolute Gasteiger partial charge is 0.231 e. The number of ketones is 2. The quantitative estimate of drug-likeness (QED) is 0.603. The van der Waals surface area contributed by atoms with Gasteiger partial charge in [0, 0.05) is 36.0 Å². The maximum absolute atomic E-state index is 13.2. The number of fused-ring (bicyclic) bond motifs is 2. The molecule has 5 rings (SSSR count). The summed E-state index contributed by atoms with van der Waals surface area (Å²) in [4.78, 5) is 25.9. The fraction of sp³-hybridized carbons (Fsp3) is 0.333. The third kappa shape index (κ3) is 3.50. The predicted octanol–water partition coefficient (Wildman–Crippen LogP) is 5.21. The molecule has 2 aromatic rings. The van der Waals surface area contributed by atoms with E-state index in [-0.39, 0.29) is 22.7 Å². The summed E-state index contributed by atoms with van der Waals surface area (Å²) in [5, 5.41) is 0. The minimum atomic E-state index is -0.193. The highest BCUT2D eigenvalue weighted by Crippen LogP contribution is 2.48. The van der Waals surface area contributed by atoms with Gasteiger partial charge in [0.1, 0.15) is 17.3 Å². The lowest BCUT2D eigenvalue weighted by molar-refractivity contribution is -0.118. The zero-order valence-electron chi connectivity index (χ0n) is 19.5. The first-order valence-electron chi connectivity index (χ1n) is 11.0. The van der Waals surface area contributed by atoms with Crippen LogP contribution in [0, 0.1) is 12.3 Å². The van der Waals surface area contributed by atoms with E-state index in [0.29, 0.717) is 47.8 Å². The van der Waals surface area contributed by atoms with Gasteiger partial charge in [-0.1, -0.05) is 19.9 Å². The van der Waals surface area contributed by atoms with Crippen molar-refractivity contribution in [1.29, 1.82) is 0 Å². The number of rotatable bonds is 3. The maximum Gasteiger partial charge on any atom is 0.231 e. The summed E-state index contributed by atoms with van der Waals surface area (Å²) in [6, 6.07) is 7.22. The van der Waals surface area contributed by atoms with E-state index in [2.05, 4.69) is 13.8 Å². The summed E-state index contributed by atoms with van der Waals surface area (Å²) < 4.78 is 22.9. The Morgan fingerprint density at radius 3 is 2.45 bits per heavy atom. The van der Waals surface area contributed by atoms with Crippen LogP contribution in [-0.4, -0.2) is 25.8 Å². The molecule has 2 aromatic carbocycles. The molecule has 170 valence electrons. The van der Waals surface area contributed by atoms with Gasteiger partial charge in [0.2, 0.25) is 5.78 Å². The van der Waals surface area contributed by atoms with Crippen molar-refractivity contribution < 1.29 is 28.5 Å². The molecule has 0 aromatic heterocycles. The summed E-state index contributed by atoms with van der Waals surface area (Å²) in [5.74, 6) is 3.29. The molecule has 3 aliphatic rings. The largest absolute Gasteiger partial charge is 0.493 e. The van der Waals surface area contributed by atoms with Crippen LogP contribution in [-0.2, 0) is 11.2 Å². The molecule has 0 amide bonds. The van der Waals surface area contributed by atoms with Crippen molar-refractivity contribution in [2.45, 2.75) is 40.0 Å². The highest BCUT2D eigenvalue weighted by Gasteiger charge is 2.39. The minimum absolute atomic E-state index is 0.125. The molecule has 2 heterocycles. The molecule has 33 heavy (non-hydrogen) atoms. The van der Waals surface area contributed by atoms with Gasteiger partial charge in [-0.2, -0.15) is 0 Å². The van der Waals surface area contributed by atoms with Gasteiger partial charge >= 0.3 is 0 Å². The van der Waals surface area contributed by atoms with Crippen molar-refractivity contribution in [3.8, 4) is 23.0 Å². The maximum atomic E-state index is 13.2. The molecule has 2 aliphatic heterocycles. The Kier molecular flexibility index (Phi) is 4.85. The Balaban J connectivity index is 1.50. The molecule has 0 saturated carbocycles. The fourth-order valence-electron chi connectivity index (χ4n) is 4.81. The molecule has 0 spiro atoms. The Labute approximate surface area is 192 Å². The number of Topliss-reactive ketones (excluding diaryl/α,β-unsaturated/α-hetero) is 2. The van der Waals surface area contributed by atoms with Crippen LogP contribution < -0.4 is 18.9 Å². The lowest BCUT2D eigenvalue weighted by Crippen LogP contribution is -2.30. The van der Waals surface area contributed by atoms with Gasteiger partial charge in [-0.15, -0.1) is 0 Å². The first-order valence-corrected chi connectivity index (χ1v) is 11.0. The van der Waals surface area contributed by atoms with Crippen LogP contribution in [0.5, 0.6) is 23.0 Å². The average molecular weight is 446 g/mol. The van der Waals surface area contributed by atoms with Crippen molar-refractivity contribution in [1.82, 2.24) is 0 Å². The van der Waals surface area contributed by atoms with Crippen molar-refractivity contribution in [2.75, 3.05) is 14.2 Å². The lowest BCUT2D eigenvalue weighted by Gasteiger charge is -2.35. The second-order valence-electron chi connectivity index (χ2n) is 9.54. The molecule has 1 aliphatic carbocycles. The number of carbonyl (C=O) groups excluding carboxylic acids is 2. The molecular formula is C27H26O6. The Hall–Kier alpha value is -3.54.